The normalized spacial score (nSPS) is 30.4. The average molecular weight is 228 g/mol. The third-order valence-electron chi connectivity index (χ3n) is 3.00. The molecule has 1 aliphatic heterocycles. The van der Waals surface area contributed by atoms with E-state index in [0.29, 0.717) is 13.0 Å². The molecule has 1 aromatic carbocycles. The summed E-state index contributed by atoms with van der Waals surface area (Å²) in [5.74, 6) is -1.00. The molecule has 1 saturated heterocycles. The van der Waals surface area contributed by atoms with E-state index >= 15 is 0 Å². The summed E-state index contributed by atoms with van der Waals surface area (Å²) in [5.41, 5.74) is -0.768. The van der Waals surface area contributed by atoms with Crippen molar-refractivity contribution in [1.82, 2.24) is 0 Å². The topological polar surface area (TPSA) is 29.5 Å². The van der Waals surface area contributed by atoms with E-state index in [0.717, 1.165) is 18.2 Å². The van der Waals surface area contributed by atoms with E-state index in [1.165, 1.54) is 0 Å². The molecule has 4 heteroatoms. The van der Waals surface area contributed by atoms with Crippen LogP contribution in [0.25, 0.3) is 0 Å². The lowest BCUT2D eigenvalue weighted by Crippen LogP contribution is -2.37. The predicted octanol–water partition coefficient (Wildman–Crippen LogP) is 2.35. The van der Waals surface area contributed by atoms with E-state index in [1.54, 1.807) is 6.92 Å². The molecule has 1 aliphatic rings. The number of hydrogen-bond donors (Lipinski definition) is 1. The zero-order chi connectivity index (χ0) is 11.8. The van der Waals surface area contributed by atoms with E-state index in [-0.39, 0.29) is 12.0 Å². The smallest absolute Gasteiger partial charge is 0.129 e. The molecule has 0 bridgehead atoms. The van der Waals surface area contributed by atoms with Gasteiger partial charge in [0.05, 0.1) is 18.3 Å². The van der Waals surface area contributed by atoms with Crippen LogP contribution in [0.2, 0.25) is 0 Å². The minimum atomic E-state index is -0.941. The quantitative estimate of drug-likeness (QED) is 0.799. The molecule has 0 radical (unpaired) electrons. The third-order valence-corrected chi connectivity index (χ3v) is 3.00. The molecule has 2 atom stereocenters. The summed E-state index contributed by atoms with van der Waals surface area (Å²) in [5, 5.41) is 9.57. The Morgan fingerprint density at radius 2 is 2.19 bits per heavy atom. The van der Waals surface area contributed by atoms with E-state index in [1.807, 2.05) is 0 Å². The van der Waals surface area contributed by atoms with Gasteiger partial charge in [0.25, 0.3) is 0 Å². The fraction of sp³-hybridized carbons (Fsp3) is 0.500. The van der Waals surface area contributed by atoms with Gasteiger partial charge in [-0.25, -0.2) is 8.78 Å². The fourth-order valence-corrected chi connectivity index (χ4v) is 2.12. The van der Waals surface area contributed by atoms with E-state index in [9.17, 15) is 13.9 Å². The van der Waals surface area contributed by atoms with Crippen LogP contribution in [-0.4, -0.2) is 17.8 Å². The van der Waals surface area contributed by atoms with Gasteiger partial charge in [-0.05, 0) is 31.5 Å². The highest BCUT2D eigenvalue weighted by molar-refractivity contribution is 5.25. The Morgan fingerprint density at radius 3 is 2.88 bits per heavy atom. The molecular weight excluding hydrogens is 214 g/mol. The first-order valence-electron chi connectivity index (χ1n) is 5.29. The highest BCUT2D eigenvalue weighted by atomic mass is 19.1. The predicted molar refractivity (Wildman–Crippen MR) is 54.9 cm³/mol. The van der Waals surface area contributed by atoms with Crippen molar-refractivity contribution < 1.29 is 18.6 Å². The average Bonchev–Trinajstić information content (AvgIpc) is 2.21. The van der Waals surface area contributed by atoms with Gasteiger partial charge in [-0.2, -0.15) is 0 Å². The first-order chi connectivity index (χ1) is 7.51. The highest BCUT2D eigenvalue weighted by Gasteiger charge is 2.36. The number of aliphatic hydroxyl groups is 1. The molecule has 2 unspecified atom stereocenters. The largest absolute Gasteiger partial charge is 0.393 e. The van der Waals surface area contributed by atoms with Gasteiger partial charge >= 0.3 is 0 Å². The third kappa shape index (κ3) is 2.08. The van der Waals surface area contributed by atoms with E-state index in [2.05, 4.69) is 0 Å². The lowest BCUT2D eigenvalue weighted by atomic mass is 9.86. The molecule has 0 amide bonds. The number of benzene rings is 1. The van der Waals surface area contributed by atoms with Crippen molar-refractivity contribution in [3.8, 4) is 0 Å². The summed E-state index contributed by atoms with van der Waals surface area (Å²) in [4.78, 5) is 0. The van der Waals surface area contributed by atoms with Gasteiger partial charge in [-0.1, -0.05) is 0 Å². The summed E-state index contributed by atoms with van der Waals surface area (Å²) >= 11 is 0. The summed E-state index contributed by atoms with van der Waals surface area (Å²) in [6.07, 6.45) is 0.293. The van der Waals surface area contributed by atoms with Crippen LogP contribution in [0.4, 0.5) is 8.78 Å². The molecule has 1 heterocycles. The monoisotopic (exact) mass is 228 g/mol. The molecule has 0 aromatic heterocycles. The van der Waals surface area contributed by atoms with E-state index < -0.39 is 23.3 Å². The summed E-state index contributed by atoms with van der Waals surface area (Å²) in [6.45, 7) is 2.03. The molecule has 0 spiro atoms. The first-order valence-corrected chi connectivity index (χ1v) is 5.29. The van der Waals surface area contributed by atoms with Crippen LogP contribution < -0.4 is 0 Å². The Morgan fingerprint density at radius 1 is 1.44 bits per heavy atom. The van der Waals surface area contributed by atoms with Crippen LogP contribution >= 0.6 is 0 Å². The van der Waals surface area contributed by atoms with E-state index in [4.69, 9.17) is 4.74 Å². The Labute approximate surface area is 92.9 Å². The zero-order valence-corrected chi connectivity index (χ0v) is 9.04. The van der Waals surface area contributed by atoms with Crippen LogP contribution in [0.1, 0.15) is 25.3 Å². The van der Waals surface area contributed by atoms with Gasteiger partial charge in [-0.15, -0.1) is 0 Å². The second-order valence-corrected chi connectivity index (χ2v) is 4.35. The molecule has 0 aliphatic carbocycles. The second kappa shape index (κ2) is 4.11. The SMILES string of the molecule is CC1(c2cc(F)ccc2F)CC(O)CCO1. The summed E-state index contributed by atoms with van der Waals surface area (Å²) in [7, 11) is 0. The summed E-state index contributed by atoms with van der Waals surface area (Å²) < 4.78 is 32.2. The maximum absolute atomic E-state index is 13.6. The maximum Gasteiger partial charge on any atom is 0.129 e. The minimum Gasteiger partial charge on any atom is -0.393 e. The first kappa shape index (κ1) is 11.5. The highest BCUT2D eigenvalue weighted by Crippen LogP contribution is 2.36. The van der Waals surface area contributed by atoms with Crippen molar-refractivity contribution in [3.05, 3.63) is 35.4 Å². The van der Waals surface area contributed by atoms with Crippen molar-refractivity contribution in [2.24, 2.45) is 0 Å². The Bertz CT molecular complexity index is 395. The van der Waals surface area contributed by atoms with Gasteiger partial charge in [0.1, 0.15) is 11.6 Å². The fourth-order valence-electron chi connectivity index (χ4n) is 2.12. The second-order valence-electron chi connectivity index (χ2n) is 4.35. The molecule has 2 nitrogen and oxygen atoms in total. The van der Waals surface area contributed by atoms with Crippen LogP contribution in [0.15, 0.2) is 18.2 Å². The zero-order valence-electron chi connectivity index (χ0n) is 9.04. The number of aliphatic hydroxyl groups excluding tert-OH is 1. The van der Waals surface area contributed by atoms with Gasteiger partial charge in [0, 0.05) is 12.0 Å². The molecule has 16 heavy (non-hydrogen) atoms. The molecule has 0 saturated carbocycles. The van der Waals surface area contributed by atoms with Crippen molar-refractivity contribution in [3.63, 3.8) is 0 Å². The number of ether oxygens (including phenoxy) is 1. The summed E-state index contributed by atoms with van der Waals surface area (Å²) in [6, 6.07) is 3.29. The standard InChI is InChI=1S/C12H14F2O2/c1-12(7-9(15)4-5-16-12)10-6-8(13)2-3-11(10)14/h2-3,6,9,15H,4-5,7H2,1H3. The van der Waals surface area contributed by atoms with Crippen molar-refractivity contribution in [2.75, 3.05) is 6.61 Å². The molecule has 2 rings (SSSR count). The lowest BCUT2D eigenvalue weighted by molar-refractivity contribution is -0.114. The van der Waals surface area contributed by atoms with Crippen molar-refractivity contribution in [2.45, 2.75) is 31.5 Å². The minimum absolute atomic E-state index is 0.172. The van der Waals surface area contributed by atoms with Crippen molar-refractivity contribution in [1.29, 1.82) is 0 Å². The van der Waals surface area contributed by atoms with Gasteiger partial charge in [0.15, 0.2) is 0 Å². The van der Waals surface area contributed by atoms with Crippen LogP contribution in [0.5, 0.6) is 0 Å². The Kier molecular flexibility index (Phi) is 2.95. The van der Waals surface area contributed by atoms with Gasteiger partial charge < -0.3 is 9.84 Å². The molecule has 1 aromatic rings. The number of hydrogen-bond acceptors (Lipinski definition) is 2. The van der Waals surface area contributed by atoms with Crippen LogP contribution in [0, 0.1) is 11.6 Å². The number of rotatable bonds is 1. The number of halogens is 2. The van der Waals surface area contributed by atoms with Crippen molar-refractivity contribution >= 4 is 0 Å². The van der Waals surface area contributed by atoms with Crippen LogP contribution in [0.3, 0.4) is 0 Å². The van der Waals surface area contributed by atoms with Gasteiger partial charge in [-0.3, -0.25) is 0 Å². The Hall–Kier alpha value is -1.00. The van der Waals surface area contributed by atoms with Crippen LogP contribution in [-0.2, 0) is 10.3 Å². The molecule has 1 fully saturated rings. The maximum atomic E-state index is 13.6. The molecular formula is C12H14F2O2. The lowest BCUT2D eigenvalue weighted by Gasteiger charge is -2.37. The Balaban J connectivity index is 2.37. The molecule has 1 N–H and O–H groups in total. The van der Waals surface area contributed by atoms with Gasteiger partial charge in [0.2, 0.25) is 0 Å². The molecule has 88 valence electrons.